The highest BCUT2D eigenvalue weighted by molar-refractivity contribution is 8.00. The summed E-state index contributed by atoms with van der Waals surface area (Å²) in [4.78, 5) is 11.2. The lowest BCUT2D eigenvalue weighted by Crippen LogP contribution is -1.94. The Morgan fingerprint density at radius 3 is 2.85 bits per heavy atom. The van der Waals surface area contributed by atoms with Crippen molar-refractivity contribution >= 4 is 17.5 Å². The number of rotatable bonds is 3. The average molecular weight is 198 g/mol. The van der Waals surface area contributed by atoms with Crippen LogP contribution in [0.5, 0.6) is 0 Å². The molecule has 0 aromatic heterocycles. The van der Waals surface area contributed by atoms with Crippen LogP contribution in [-0.2, 0) is 4.79 Å². The van der Waals surface area contributed by atoms with Crippen LogP contribution in [-0.4, -0.2) is 11.5 Å². The normalized spacial score (nSPS) is 10.1. The van der Waals surface area contributed by atoms with Crippen molar-refractivity contribution in [3.63, 3.8) is 0 Å². The number of hydrogen-bond donors (Lipinski definition) is 0. The highest BCUT2D eigenvalue weighted by Gasteiger charge is 2.05. The number of carbonyl (C=O) groups is 1. The molecular formula is C10H11FOS. The molecule has 0 aliphatic rings. The summed E-state index contributed by atoms with van der Waals surface area (Å²) in [5.74, 6) is 0.181. The Morgan fingerprint density at radius 1 is 1.54 bits per heavy atom. The topological polar surface area (TPSA) is 17.1 Å². The fourth-order valence-electron chi connectivity index (χ4n) is 0.911. The number of ketones is 1. The molecule has 1 aromatic rings. The van der Waals surface area contributed by atoms with Crippen molar-refractivity contribution in [3.05, 3.63) is 29.6 Å². The molecule has 3 heteroatoms. The van der Waals surface area contributed by atoms with Crippen molar-refractivity contribution in [2.75, 3.05) is 5.75 Å². The van der Waals surface area contributed by atoms with Crippen LogP contribution in [0.1, 0.15) is 12.5 Å². The highest BCUT2D eigenvalue weighted by atomic mass is 32.2. The third kappa shape index (κ3) is 2.84. The third-order valence-corrected chi connectivity index (χ3v) is 2.76. The number of Topliss-reactive ketones (excluding diaryl/α,β-unsaturated/α-hetero) is 1. The average Bonchev–Trinajstić information content (AvgIpc) is 2.07. The van der Waals surface area contributed by atoms with E-state index in [1.807, 2.05) is 0 Å². The molecule has 0 bridgehead atoms. The first-order chi connectivity index (χ1) is 6.11. The van der Waals surface area contributed by atoms with E-state index in [2.05, 4.69) is 0 Å². The quantitative estimate of drug-likeness (QED) is 0.695. The summed E-state index contributed by atoms with van der Waals surface area (Å²) in [6.45, 7) is 3.22. The van der Waals surface area contributed by atoms with E-state index >= 15 is 0 Å². The van der Waals surface area contributed by atoms with Gasteiger partial charge < -0.3 is 0 Å². The maximum Gasteiger partial charge on any atom is 0.140 e. The molecular weight excluding hydrogens is 187 g/mol. The molecule has 1 nitrogen and oxygen atoms in total. The van der Waals surface area contributed by atoms with Crippen molar-refractivity contribution in [3.8, 4) is 0 Å². The second kappa shape index (κ2) is 4.42. The second-order valence-corrected chi connectivity index (χ2v) is 3.89. The number of hydrogen-bond acceptors (Lipinski definition) is 2. The smallest absolute Gasteiger partial charge is 0.140 e. The monoisotopic (exact) mass is 198 g/mol. The Labute approximate surface area is 81.3 Å². The van der Waals surface area contributed by atoms with Gasteiger partial charge in [0.1, 0.15) is 11.6 Å². The van der Waals surface area contributed by atoms with Crippen LogP contribution in [0.25, 0.3) is 0 Å². The summed E-state index contributed by atoms with van der Waals surface area (Å²) in [7, 11) is 0. The van der Waals surface area contributed by atoms with Gasteiger partial charge in [-0.15, -0.1) is 11.8 Å². The van der Waals surface area contributed by atoms with Crippen molar-refractivity contribution in [1.82, 2.24) is 0 Å². The van der Waals surface area contributed by atoms with E-state index < -0.39 is 0 Å². The Kier molecular flexibility index (Phi) is 3.48. The fourth-order valence-corrected chi connectivity index (χ4v) is 1.73. The van der Waals surface area contributed by atoms with Gasteiger partial charge in [-0.1, -0.05) is 12.1 Å². The zero-order valence-electron chi connectivity index (χ0n) is 7.63. The van der Waals surface area contributed by atoms with Crippen molar-refractivity contribution < 1.29 is 9.18 Å². The molecule has 0 aliphatic heterocycles. The van der Waals surface area contributed by atoms with Gasteiger partial charge in [-0.3, -0.25) is 4.79 Å². The van der Waals surface area contributed by atoms with Crippen LogP contribution < -0.4 is 0 Å². The SMILES string of the molecule is CC(=O)CSc1cccc(C)c1F. The largest absolute Gasteiger partial charge is 0.299 e. The van der Waals surface area contributed by atoms with Gasteiger partial charge in [0.2, 0.25) is 0 Å². The molecule has 0 amide bonds. The molecule has 70 valence electrons. The van der Waals surface area contributed by atoms with Gasteiger partial charge in [-0.2, -0.15) is 0 Å². The maximum absolute atomic E-state index is 13.3. The number of halogens is 1. The lowest BCUT2D eigenvalue weighted by atomic mass is 10.2. The minimum Gasteiger partial charge on any atom is -0.299 e. The van der Waals surface area contributed by atoms with Crippen LogP contribution >= 0.6 is 11.8 Å². The van der Waals surface area contributed by atoms with Gasteiger partial charge >= 0.3 is 0 Å². The molecule has 0 saturated carbocycles. The molecule has 0 spiro atoms. The van der Waals surface area contributed by atoms with E-state index in [4.69, 9.17) is 0 Å². The lowest BCUT2D eigenvalue weighted by Gasteiger charge is -2.02. The summed E-state index contributed by atoms with van der Waals surface area (Å²) in [6.07, 6.45) is 0. The van der Waals surface area contributed by atoms with E-state index in [1.165, 1.54) is 18.7 Å². The van der Waals surface area contributed by atoms with Crippen LogP contribution in [0.15, 0.2) is 23.1 Å². The summed E-state index contributed by atoms with van der Waals surface area (Å²) < 4.78 is 13.3. The zero-order chi connectivity index (χ0) is 9.84. The van der Waals surface area contributed by atoms with Gasteiger partial charge in [0.25, 0.3) is 0 Å². The van der Waals surface area contributed by atoms with Gasteiger partial charge in [0.15, 0.2) is 0 Å². The van der Waals surface area contributed by atoms with Crippen molar-refractivity contribution in [2.45, 2.75) is 18.7 Å². The minimum atomic E-state index is -0.214. The van der Waals surface area contributed by atoms with Crippen molar-refractivity contribution in [2.24, 2.45) is 0 Å². The molecule has 0 heterocycles. The first-order valence-electron chi connectivity index (χ1n) is 3.98. The third-order valence-electron chi connectivity index (χ3n) is 1.59. The van der Waals surface area contributed by atoms with E-state index in [9.17, 15) is 9.18 Å². The Hall–Kier alpha value is -0.830. The number of carbonyl (C=O) groups excluding carboxylic acids is 1. The first-order valence-corrected chi connectivity index (χ1v) is 4.97. The molecule has 1 aromatic carbocycles. The standard InChI is InChI=1S/C10H11FOS/c1-7-4-3-5-9(10(7)11)13-6-8(2)12/h3-5H,6H2,1-2H3. The number of aryl methyl sites for hydroxylation is 1. The summed E-state index contributed by atoms with van der Waals surface area (Å²) in [6, 6.07) is 5.20. The fraction of sp³-hybridized carbons (Fsp3) is 0.300. The first kappa shape index (κ1) is 10.3. The van der Waals surface area contributed by atoms with E-state index in [0.717, 1.165) is 0 Å². The molecule has 0 N–H and O–H groups in total. The molecule has 0 atom stereocenters. The summed E-state index contributed by atoms with van der Waals surface area (Å²) in [5, 5.41) is 0. The highest BCUT2D eigenvalue weighted by Crippen LogP contribution is 2.23. The van der Waals surface area contributed by atoms with Crippen LogP contribution in [0, 0.1) is 12.7 Å². The number of thioether (sulfide) groups is 1. The summed E-state index contributed by atoms with van der Waals surface area (Å²) in [5.41, 5.74) is 0.619. The molecule has 0 radical (unpaired) electrons. The van der Waals surface area contributed by atoms with Gasteiger partial charge in [-0.05, 0) is 25.5 Å². The Morgan fingerprint density at radius 2 is 2.23 bits per heavy atom. The molecule has 13 heavy (non-hydrogen) atoms. The van der Waals surface area contributed by atoms with Crippen LogP contribution in [0.2, 0.25) is 0 Å². The summed E-state index contributed by atoms with van der Waals surface area (Å²) >= 11 is 1.24. The van der Waals surface area contributed by atoms with Gasteiger partial charge in [0.05, 0.1) is 5.75 Å². The predicted molar refractivity (Wildman–Crippen MR) is 52.5 cm³/mol. The zero-order valence-corrected chi connectivity index (χ0v) is 8.45. The van der Waals surface area contributed by atoms with Crippen molar-refractivity contribution in [1.29, 1.82) is 0 Å². The minimum absolute atomic E-state index is 0.0610. The molecule has 0 aliphatic carbocycles. The van der Waals surface area contributed by atoms with Crippen LogP contribution in [0.4, 0.5) is 4.39 Å². The molecule has 1 rings (SSSR count). The van der Waals surface area contributed by atoms with E-state index in [0.29, 0.717) is 16.2 Å². The number of benzene rings is 1. The Bertz CT molecular complexity index is 323. The van der Waals surface area contributed by atoms with Gasteiger partial charge in [-0.25, -0.2) is 4.39 Å². The molecule has 0 saturated heterocycles. The second-order valence-electron chi connectivity index (χ2n) is 2.88. The maximum atomic E-state index is 13.3. The van der Waals surface area contributed by atoms with E-state index in [1.54, 1.807) is 25.1 Å². The van der Waals surface area contributed by atoms with Gasteiger partial charge in [0, 0.05) is 4.90 Å². The molecule has 0 fully saturated rings. The lowest BCUT2D eigenvalue weighted by molar-refractivity contribution is -0.114. The predicted octanol–water partition coefficient (Wildman–Crippen LogP) is 2.82. The Balaban J connectivity index is 2.77. The molecule has 0 unspecified atom stereocenters. The van der Waals surface area contributed by atoms with Crippen LogP contribution in [0.3, 0.4) is 0 Å². The van der Waals surface area contributed by atoms with E-state index in [-0.39, 0.29) is 11.6 Å².